The van der Waals surface area contributed by atoms with Gasteiger partial charge in [-0.15, -0.1) is 0 Å². The molecule has 2 fully saturated rings. The summed E-state index contributed by atoms with van der Waals surface area (Å²) in [6.07, 6.45) is 3.03. The van der Waals surface area contributed by atoms with Crippen molar-refractivity contribution in [2.45, 2.75) is 31.9 Å². The van der Waals surface area contributed by atoms with E-state index in [1.165, 1.54) is 0 Å². The third kappa shape index (κ3) is 0.945. The molecule has 1 amide bonds. The van der Waals surface area contributed by atoms with Crippen LogP contribution in [0.5, 0.6) is 0 Å². The monoisotopic (exact) mass is 196 g/mol. The van der Waals surface area contributed by atoms with Crippen LogP contribution < -0.4 is 5.73 Å². The Balaban J connectivity index is 2.38. The second-order valence-corrected chi connectivity index (χ2v) is 3.96. The van der Waals surface area contributed by atoms with Gasteiger partial charge in [0.2, 0.25) is 0 Å². The second kappa shape index (κ2) is 2.98. The molecule has 2 aliphatic rings. The molecule has 0 aromatic rings. The third-order valence-electron chi connectivity index (χ3n) is 3.17. The number of carbonyl (C=O) groups is 1. The van der Waals surface area contributed by atoms with Crippen molar-refractivity contribution in [2.24, 2.45) is 5.73 Å². The summed E-state index contributed by atoms with van der Waals surface area (Å²) in [4.78, 5) is 13.5. The van der Waals surface area contributed by atoms with E-state index in [1.54, 1.807) is 18.9 Å². The molecule has 0 aliphatic carbocycles. The zero-order chi connectivity index (χ0) is 10.3. The van der Waals surface area contributed by atoms with Gasteiger partial charge in [-0.2, -0.15) is 0 Å². The number of nitrogens with zero attached hydrogens (tertiary/aromatic N) is 1. The molecule has 2 rings (SSSR count). The number of carbonyl (C=O) groups excluding carboxylic acids is 1. The van der Waals surface area contributed by atoms with Gasteiger partial charge in [0, 0.05) is 25.8 Å². The van der Waals surface area contributed by atoms with Gasteiger partial charge in [-0.05, 0) is 19.8 Å². The number of rotatable bonds is 1. The Morgan fingerprint density at radius 1 is 1.57 bits per heavy atom. The van der Waals surface area contributed by atoms with Crippen LogP contribution in [0.1, 0.15) is 26.2 Å². The fraction of sp³-hybridized carbons (Fsp3) is 0.700. The standard InChI is InChI=1S/C10H16N2O2/c1-7(11)8-9(13)12-6-4-3-5-10(8,12)14-2/h3-6,11H2,1-2H3. The van der Waals surface area contributed by atoms with E-state index in [4.69, 9.17) is 10.5 Å². The average molecular weight is 196 g/mol. The summed E-state index contributed by atoms with van der Waals surface area (Å²) in [5.41, 5.74) is 6.48. The van der Waals surface area contributed by atoms with Crippen molar-refractivity contribution in [1.29, 1.82) is 0 Å². The summed E-state index contributed by atoms with van der Waals surface area (Å²) < 4.78 is 5.49. The molecule has 2 heterocycles. The zero-order valence-electron chi connectivity index (χ0n) is 8.67. The Morgan fingerprint density at radius 3 is 2.86 bits per heavy atom. The van der Waals surface area contributed by atoms with Crippen LogP contribution in [0.25, 0.3) is 0 Å². The van der Waals surface area contributed by atoms with Crippen LogP contribution in [0.3, 0.4) is 0 Å². The fourth-order valence-corrected chi connectivity index (χ4v) is 2.52. The van der Waals surface area contributed by atoms with E-state index in [2.05, 4.69) is 0 Å². The van der Waals surface area contributed by atoms with Crippen molar-refractivity contribution >= 4 is 5.91 Å². The van der Waals surface area contributed by atoms with E-state index < -0.39 is 5.72 Å². The molecule has 14 heavy (non-hydrogen) atoms. The maximum absolute atomic E-state index is 11.7. The van der Waals surface area contributed by atoms with Crippen LogP contribution in [-0.2, 0) is 9.53 Å². The van der Waals surface area contributed by atoms with Crippen molar-refractivity contribution in [3.63, 3.8) is 0 Å². The maximum atomic E-state index is 11.7. The molecule has 0 spiro atoms. The minimum absolute atomic E-state index is 0.0477. The number of ether oxygens (including phenoxy) is 1. The number of β-lactam (4-membered cyclic amide) rings is 1. The normalized spacial score (nSPS) is 35.0. The van der Waals surface area contributed by atoms with Crippen molar-refractivity contribution in [1.82, 2.24) is 4.90 Å². The number of methoxy groups -OCH3 is 1. The van der Waals surface area contributed by atoms with Gasteiger partial charge < -0.3 is 15.4 Å². The van der Waals surface area contributed by atoms with Crippen molar-refractivity contribution in [3.8, 4) is 0 Å². The molecule has 2 aliphatic heterocycles. The molecule has 1 atom stereocenters. The smallest absolute Gasteiger partial charge is 0.258 e. The number of nitrogens with two attached hydrogens (primary N) is 1. The van der Waals surface area contributed by atoms with Gasteiger partial charge in [0.05, 0.1) is 5.57 Å². The summed E-state index contributed by atoms with van der Waals surface area (Å²) in [6.45, 7) is 2.56. The highest BCUT2D eigenvalue weighted by molar-refractivity contribution is 6.03. The molecule has 0 aromatic carbocycles. The van der Waals surface area contributed by atoms with E-state index in [0.29, 0.717) is 11.3 Å². The van der Waals surface area contributed by atoms with Crippen molar-refractivity contribution in [2.75, 3.05) is 13.7 Å². The second-order valence-electron chi connectivity index (χ2n) is 3.96. The third-order valence-corrected chi connectivity index (χ3v) is 3.17. The molecule has 0 radical (unpaired) electrons. The molecular weight excluding hydrogens is 180 g/mol. The molecule has 0 saturated carbocycles. The van der Waals surface area contributed by atoms with E-state index in [1.807, 2.05) is 0 Å². The van der Waals surface area contributed by atoms with Crippen molar-refractivity contribution < 1.29 is 9.53 Å². The number of amides is 1. The maximum Gasteiger partial charge on any atom is 0.258 e. The van der Waals surface area contributed by atoms with Gasteiger partial charge in [0.25, 0.3) is 5.91 Å². The van der Waals surface area contributed by atoms with Crippen LogP contribution in [0.4, 0.5) is 0 Å². The molecule has 0 bridgehead atoms. The van der Waals surface area contributed by atoms with E-state index in [0.717, 1.165) is 25.8 Å². The highest BCUT2D eigenvalue weighted by Crippen LogP contribution is 2.45. The molecule has 2 N–H and O–H groups in total. The van der Waals surface area contributed by atoms with Gasteiger partial charge in [-0.3, -0.25) is 4.79 Å². The lowest BCUT2D eigenvalue weighted by Crippen LogP contribution is -2.69. The summed E-state index contributed by atoms with van der Waals surface area (Å²) in [5, 5.41) is 0. The van der Waals surface area contributed by atoms with E-state index in [9.17, 15) is 4.79 Å². The number of hydrogen-bond donors (Lipinski definition) is 1. The van der Waals surface area contributed by atoms with E-state index in [-0.39, 0.29) is 5.91 Å². The van der Waals surface area contributed by atoms with Crippen molar-refractivity contribution in [3.05, 3.63) is 11.3 Å². The van der Waals surface area contributed by atoms with Crippen LogP contribution >= 0.6 is 0 Å². The topological polar surface area (TPSA) is 55.6 Å². The number of hydrogen-bond acceptors (Lipinski definition) is 3. The van der Waals surface area contributed by atoms with Gasteiger partial charge in [0.15, 0.2) is 5.72 Å². The molecule has 1 unspecified atom stereocenters. The summed E-state index contributed by atoms with van der Waals surface area (Å²) >= 11 is 0. The molecule has 0 aromatic heterocycles. The number of allylic oxidation sites excluding steroid dienone is 1. The SMILES string of the molecule is COC12CCCCN1C(=O)C2=C(C)N. The Labute approximate surface area is 83.7 Å². The Kier molecular flexibility index (Phi) is 2.03. The summed E-state index contributed by atoms with van der Waals surface area (Å²) in [7, 11) is 1.65. The lowest BCUT2D eigenvalue weighted by atomic mass is 9.81. The zero-order valence-corrected chi connectivity index (χ0v) is 8.67. The van der Waals surface area contributed by atoms with Gasteiger partial charge in [0.1, 0.15) is 0 Å². The molecule has 78 valence electrons. The molecule has 4 heteroatoms. The number of fused-ring (bicyclic) bond motifs is 1. The molecule has 2 saturated heterocycles. The average Bonchev–Trinajstić information content (AvgIpc) is 2.15. The van der Waals surface area contributed by atoms with Crippen LogP contribution in [0.2, 0.25) is 0 Å². The first-order chi connectivity index (χ1) is 6.63. The lowest BCUT2D eigenvalue weighted by Gasteiger charge is -2.55. The minimum atomic E-state index is -0.492. The van der Waals surface area contributed by atoms with Gasteiger partial charge in [-0.1, -0.05) is 0 Å². The largest absolute Gasteiger partial charge is 0.402 e. The first-order valence-corrected chi connectivity index (χ1v) is 4.97. The molecular formula is C10H16N2O2. The predicted molar refractivity (Wildman–Crippen MR) is 52.2 cm³/mol. The Bertz CT molecular complexity index is 307. The highest BCUT2D eigenvalue weighted by Gasteiger charge is 2.58. The quantitative estimate of drug-likeness (QED) is 0.493. The Morgan fingerprint density at radius 2 is 2.29 bits per heavy atom. The summed E-state index contributed by atoms with van der Waals surface area (Å²) in [5.74, 6) is 0.0477. The van der Waals surface area contributed by atoms with Gasteiger partial charge >= 0.3 is 0 Å². The van der Waals surface area contributed by atoms with Gasteiger partial charge in [-0.25, -0.2) is 0 Å². The minimum Gasteiger partial charge on any atom is -0.402 e. The summed E-state index contributed by atoms with van der Waals surface area (Å²) in [6, 6.07) is 0. The van der Waals surface area contributed by atoms with Crippen LogP contribution in [0.15, 0.2) is 11.3 Å². The highest BCUT2D eigenvalue weighted by atomic mass is 16.5. The fourth-order valence-electron chi connectivity index (χ4n) is 2.52. The lowest BCUT2D eigenvalue weighted by molar-refractivity contribution is -0.192. The van der Waals surface area contributed by atoms with E-state index >= 15 is 0 Å². The Hall–Kier alpha value is -1.03. The number of piperidine rings is 1. The first-order valence-electron chi connectivity index (χ1n) is 4.97. The van der Waals surface area contributed by atoms with Crippen LogP contribution in [-0.4, -0.2) is 30.2 Å². The molecule has 4 nitrogen and oxygen atoms in total. The first kappa shape index (κ1) is 9.52. The predicted octanol–water partition coefficient (Wildman–Crippen LogP) is 0.588. The van der Waals surface area contributed by atoms with Crippen LogP contribution in [0, 0.1) is 0 Å².